The highest BCUT2D eigenvalue weighted by Gasteiger charge is 2.17. The highest BCUT2D eigenvalue weighted by molar-refractivity contribution is 5.85. The Morgan fingerprint density at radius 3 is 2.54 bits per heavy atom. The molecule has 0 atom stereocenters. The summed E-state index contributed by atoms with van der Waals surface area (Å²) < 4.78 is 11.0. The molecule has 1 aromatic carbocycles. The van der Waals surface area contributed by atoms with Crippen molar-refractivity contribution < 1.29 is 14.3 Å². The minimum absolute atomic E-state index is 0.202. The Morgan fingerprint density at radius 1 is 1.17 bits per heavy atom. The van der Waals surface area contributed by atoms with Crippen LogP contribution < -0.4 is 21.5 Å². The first-order chi connectivity index (χ1) is 11.2. The summed E-state index contributed by atoms with van der Waals surface area (Å²) in [5, 5.41) is 2.67. The quantitative estimate of drug-likeness (QED) is 0.791. The molecule has 0 fully saturated rings. The van der Waals surface area contributed by atoms with Crippen LogP contribution in [0.2, 0.25) is 0 Å². The summed E-state index contributed by atoms with van der Waals surface area (Å²) in [6, 6.07) is 6.90. The van der Waals surface area contributed by atoms with Crippen molar-refractivity contribution >= 4 is 23.3 Å². The van der Waals surface area contributed by atoms with Crippen molar-refractivity contribution in [1.82, 2.24) is 4.98 Å². The number of nitrogen functional groups attached to an aromatic ring is 2. The first-order valence-electron chi connectivity index (χ1n) is 7.44. The molecule has 128 valence electrons. The summed E-state index contributed by atoms with van der Waals surface area (Å²) in [5.74, 6) is 1.15. The predicted molar refractivity (Wildman–Crippen MR) is 94.2 cm³/mol. The second kappa shape index (κ2) is 6.66. The maximum Gasteiger partial charge on any atom is 0.412 e. The summed E-state index contributed by atoms with van der Waals surface area (Å²) in [7, 11) is 0. The molecule has 5 N–H and O–H groups in total. The summed E-state index contributed by atoms with van der Waals surface area (Å²) in [4.78, 5) is 15.8. The Bertz CT molecular complexity index is 754. The number of benzene rings is 1. The van der Waals surface area contributed by atoms with Crippen molar-refractivity contribution in [2.24, 2.45) is 0 Å². The van der Waals surface area contributed by atoms with Gasteiger partial charge >= 0.3 is 6.09 Å². The molecule has 24 heavy (non-hydrogen) atoms. The average molecular weight is 330 g/mol. The van der Waals surface area contributed by atoms with Gasteiger partial charge in [0.15, 0.2) is 5.75 Å². The maximum atomic E-state index is 11.9. The van der Waals surface area contributed by atoms with Crippen molar-refractivity contribution in [1.29, 1.82) is 0 Å². The molecule has 1 amide bonds. The first kappa shape index (κ1) is 17.4. The number of nitrogens with zero attached hydrogens (tertiary/aromatic N) is 1. The van der Waals surface area contributed by atoms with Crippen LogP contribution in [0.5, 0.6) is 11.5 Å². The third-order valence-corrected chi connectivity index (χ3v) is 3.03. The van der Waals surface area contributed by atoms with Crippen molar-refractivity contribution in [3.63, 3.8) is 0 Å². The van der Waals surface area contributed by atoms with E-state index in [9.17, 15) is 4.79 Å². The van der Waals surface area contributed by atoms with Gasteiger partial charge in [0.05, 0.1) is 0 Å². The summed E-state index contributed by atoms with van der Waals surface area (Å²) >= 11 is 0. The van der Waals surface area contributed by atoms with Crippen LogP contribution in [-0.4, -0.2) is 16.7 Å². The van der Waals surface area contributed by atoms with E-state index in [0.717, 1.165) is 5.56 Å². The zero-order chi connectivity index (χ0) is 17.9. The number of pyridine rings is 1. The molecule has 0 aliphatic carbocycles. The fourth-order valence-electron chi connectivity index (χ4n) is 1.89. The Balaban J connectivity index is 2.20. The van der Waals surface area contributed by atoms with Gasteiger partial charge in [-0.1, -0.05) is 6.07 Å². The number of aryl methyl sites for hydroxylation is 1. The number of hydrogen-bond donors (Lipinski definition) is 3. The topological polar surface area (TPSA) is 112 Å². The fourth-order valence-corrected chi connectivity index (χ4v) is 1.89. The fraction of sp³-hybridized carbons (Fsp3) is 0.294. The van der Waals surface area contributed by atoms with Gasteiger partial charge in [0, 0.05) is 24.0 Å². The SMILES string of the molecule is Cc1ccc(NC(=O)OC(C)(C)C)cc1Oc1ccnc(N)c1N. The molecule has 0 saturated heterocycles. The van der Waals surface area contributed by atoms with Gasteiger partial charge in [0.1, 0.15) is 22.9 Å². The van der Waals surface area contributed by atoms with Crippen LogP contribution in [0.15, 0.2) is 30.5 Å². The minimum atomic E-state index is -0.572. The molecule has 7 heteroatoms. The number of nitrogens with one attached hydrogen (secondary N) is 1. The van der Waals surface area contributed by atoms with Crippen LogP contribution in [-0.2, 0) is 4.74 Å². The Morgan fingerprint density at radius 2 is 1.88 bits per heavy atom. The molecule has 0 radical (unpaired) electrons. The van der Waals surface area contributed by atoms with E-state index in [4.69, 9.17) is 20.9 Å². The number of nitrogens with two attached hydrogens (primary N) is 2. The van der Waals surface area contributed by atoms with E-state index in [2.05, 4.69) is 10.3 Å². The van der Waals surface area contributed by atoms with Crippen LogP contribution in [0.1, 0.15) is 26.3 Å². The Kier molecular flexibility index (Phi) is 4.82. The van der Waals surface area contributed by atoms with Crippen molar-refractivity contribution in [3.8, 4) is 11.5 Å². The Hall–Kier alpha value is -2.96. The van der Waals surface area contributed by atoms with Gasteiger partial charge < -0.3 is 20.9 Å². The zero-order valence-corrected chi connectivity index (χ0v) is 14.2. The number of rotatable bonds is 3. The molecule has 0 bridgehead atoms. The van der Waals surface area contributed by atoms with E-state index >= 15 is 0 Å². The molecule has 2 rings (SSSR count). The van der Waals surface area contributed by atoms with Gasteiger partial charge in [-0.2, -0.15) is 0 Å². The van der Waals surface area contributed by atoms with Crippen LogP contribution in [0.4, 0.5) is 22.0 Å². The van der Waals surface area contributed by atoms with E-state index < -0.39 is 11.7 Å². The predicted octanol–water partition coefficient (Wildman–Crippen LogP) is 3.69. The molecule has 0 spiro atoms. The molecule has 0 saturated carbocycles. The largest absolute Gasteiger partial charge is 0.455 e. The van der Waals surface area contributed by atoms with Crippen LogP contribution in [0, 0.1) is 6.92 Å². The molecule has 1 aromatic heterocycles. The number of hydrogen-bond acceptors (Lipinski definition) is 6. The van der Waals surface area contributed by atoms with Crippen molar-refractivity contribution in [3.05, 3.63) is 36.0 Å². The van der Waals surface area contributed by atoms with E-state index in [1.165, 1.54) is 6.20 Å². The number of ether oxygens (including phenoxy) is 2. The molecule has 2 aromatic rings. The number of amides is 1. The van der Waals surface area contributed by atoms with Crippen LogP contribution >= 0.6 is 0 Å². The van der Waals surface area contributed by atoms with Gasteiger partial charge in [-0.25, -0.2) is 9.78 Å². The van der Waals surface area contributed by atoms with Crippen molar-refractivity contribution in [2.45, 2.75) is 33.3 Å². The first-order valence-corrected chi connectivity index (χ1v) is 7.44. The highest BCUT2D eigenvalue weighted by Crippen LogP contribution is 2.33. The lowest BCUT2D eigenvalue weighted by Crippen LogP contribution is -2.27. The molecule has 1 heterocycles. The zero-order valence-electron chi connectivity index (χ0n) is 14.2. The van der Waals surface area contributed by atoms with Gasteiger partial charge in [0.25, 0.3) is 0 Å². The number of anilines is 3. The molecular weight excluding hydrogens is 308 g/mol. The normalized spacial score (nSPS) is 11.0. The maximum absolute atomic E-state index is 11.9. The molecule has 0 unspecified atom stereocenters. The smallest absolute Gasteiger partial charge is 0.412 e. The third kappa shape index (κ3) is 4.52. The lowest BCUT2D eigenvalue weighted by Gasteiger charge is -2.20. The summed E-state index contributed by atoms with van der Waals surface area (Å²) in [6.07, 6.45) is 0.976. The lowest BCUT2D eigenvalue weighted by molar-refractivity contribution is 0.0636. The van der Waals surface area contributed by atoms with Gasteiger partial charge in [-0.3, -0.25) is 5.32 Å². The molecule has 7 nitrogen and oxygen atoms in total. The second-order valence-electron chi connectivity index (χ2n) is 6.32. The van der Waals surface area contributed by atoms with Gasteiger partial charge in [-0.05, 0) is 39.3 Å². The van der Waals surface area contributed by atoms with E-state index in [0.29, 0.717) is 17.2 Å². The summed E-state index contributed by atoms with van der Waals surface area (Å²) in [5.41, 5.74) is 12.7. The van der Waals surface area contributed by atoms with E-state index in [1.807, 2.05) is 13.0 Å². The lowest BCUT2D eigenvalue weighted by atomic mass is 10.2. The van der Waals surface area contributed by atoms with E-state index in [-0.39, 0.29) is 11.5 Å². The monoisotopic (exact) mass is 330 g/mol. The molecule has 0 aliphatic rings. The molecule has 0 aliphatic heterocycles. The van der Waals surface area contributed by atoms with Crippen LogP contribution in [0.3, 0.4) is 0 Å². The Labute approximate surface area is 141 Å². The second-order valence-corrected chi connectivity index (χ2v) is 6.32. The van der Waals surface area contributed by atoms with Gasteiger partial charge in [0.2, 0.25) is 0 Å². The average Bonchev–Trinajstić information content (AvgIpc) is 2.45. The number of carbonyl (C=O) groups is 1. The summed E-state index contributed by atoms with van der Waals surface area (Å²) in [6.45, 7) is 7.28. The number of carbonyl (C=O) groups excluding carboxylic acids is 1. The third-order valence-electron chi connectivity index (χ3n) is 3.03. The molecular formula is C17H22N4O3. The number of aromatic nitrogens is 1. The standard InChI is InChI=1S/C17H22N4O3/c1-10-5-6-11(21-16(22)24-17(2,3)4)9-13(10)23-12-7-8-20-15(19)14(12)18/h5-9H,18H2,1-4H3,(H2,19,20)(H,21,22). The van der Waals surface area contributed by atoms with Crippen molar-refractivity contribution in [2.75, 3.05) is 16.8 Å². The van der Waals surface area contributed by atoms with Gasteiger partial charge in [-0.15, -0.1) is 0 Å². The highest BCUT2D eigenvalue weighted by atomic mass is 16.6. The van der Waals surface area contributed by atoms with E-state index in [1.54, 1.807) is 39.0 Å². The van der Waals surface area contributed by atoms with Crippen LogP contribution in [0.25, 0.3) is 0 Å². The minimum Gasteiger partial charge on any atom is -0.455 e.